The summed E-state index contributed by atoms with van der Waals surface area (Å²) in [6.45, 7) is 6.34. The molecule has 0 atom stereocenters. The van der Waals surface area contributed by atoms with Crippen LogP contribution in [0.5, 0.6) is 0 Å². The standard InChI is InChI=1S/C21H21NO4/c1-4-22-14(2)12-18(15(22)3)19(23)13-26-21(24)20-17(10-11-25-20)16-8-6-5-7-9-16/h5-12H,4,13H2,1-3H3. The van der Waals surface area contributed by atoms with Crippen LogP contribution in [-0.4, -0.2) is 22.9 Å². The van der Waals surface area contributed by atoms with Crippen LogP contribution in [0.3, 0.4) is 0 Å². The van der Waals surface area contributed by atoms with E-state index in [4.69, 9.17) is 9.15 Å². The number of aromatic nitrogens is 1. The number of esters is 1. The van der Waals surface area contributed by atoms with Crippen LogP contribution in [0.2, 0.25) is 0 Å². The third-order valence-corrected chi connectivity index (χ3v) is 4.46. The summed E-state index contributed by atoms with van der Waals surface area (Å²) in [7, 11) is 0. The lowest BCUT2D eigenvalue weighted by atomic mass is 10.1. The Hall–Kier alpha value is -3.08. The minimum absolute atomic E-state index is 0.100. The molecule has 0 unspecified atom stereocenters. The Bertz CT molecular complexity index is 934. The van der Waals surface area contributed by atoms with Crippen LogP contribution in [0, 0.1) is 13.8 Å². The molecule has 0 spiro atoms. The molecule has 0 amide bonds. The molecule has 5 nitrogen and oxygen atoms in total. The van der Waals surface area contributed by atoms with E-state index in [0.29, 0.717) is 11.1 Å². The molecule has 0 aliphatic heterocycles. The Morgan fingerprint density at radius 3 is 2.50 bits per heavy atom. The van der Waals surface area contributed by atoms with Gasteiger partial charge in [0.15, 0.2) is 6.61 Å². The first-order chi connectivity index (χ1) is 12.5. The number of carbonyl (C=O) groups excluding carboxylic acids is 2. The predicted octanol–water partition coefficient (Wildman–Crippen LogP) is 4.42. The summed E-state index contributed by atoms with van der Waals surface area (Å²) >= 11 is 0. The number of nitrogens with zero attached hydrogens (tertiary/aromatic N) is 1. The summed E-state index contributed by atoms with van der Waals surface area (Å²) in [6.07, 6.45) is 1.44. The van der Waals surface area contributed by atoms with Crippen molar-refractivity contribution in [3.63, 3.8) is 0 Å². The number of furan rings is 1. The molecule has 26 heavy (non-hydrogen) atoms. The molecule has 0 aliphatic rings. The first kappa shape index (κ1) is 17.7. The Kier molecular flexibility index (Phi) is 5.07. The lowest BCUT2D eigenvalue weighted by Crippen LogP contribution is -2.15. The number of ketones is 1. The average molecular weight is 351 g/mol. The van der Waals surface area contributed by atoms with Gasteiger partial charge in [-0.05, 0) is 38.5 Å². The Balaban J connectivity index is 1.72. The minimum Gasteiger partial charge on any atom is -0.457 e. The molecule has 0 fully saturated rings. The fourth-order valence-corrected chi connectivity index (χ4v) is 3.16. The van der Waals surface area contributed by atoms with E-state index in [0.717, 1.165) is 23.5 Å². The van der Waals surface area contributed by atoms with E-state index in [2.05, 4.69) is 4.57 Å². The zero-order valence-electron chi connectivity index (χ0n) is 15.1. The third-order valence-electron chi connectivity index (χ3n) is 4.46. The van der Waals surface area contributed by atoms with Gasteiger partial charge in [0, 0.05) is 29.1 Å². The zero-order chi connectivity index (χ0) is 18.7. The molecule has 134 valence electrons. The van der Waals surface area contributed by atoms with Crippen molar-refractivity contribution in [3.05, 3.63) is 71.4 Å². The van der Waals surface area contributed by atoms with Gasteiger partial charge in [-0.1, -0.05) is 30.3 Å². The quantitative estimate of drug-likeness (QED) is 0.487. The molecule has 0 bridgehead atoms. The van der Waals surface area contributed by atoms with Crippen molar-refractivity contribution in [1.82, 2.24) is 4.57 Å². The second-order valence-electron chi connectivity index (χ2n) is 6.06. The number of Topliss-reactive ketones (excluding diaryl/α,β-unsaturated/α-hetero) is 1. The van der Waals surface area contributed by atoms with Gasteiger partial charge in [0.2, 0.25) is 11.5 Å². The summed E-state index contributed by atoms with van der Waals surface area (Å²) in [4.78, 5) is 24.8. The fraction of sp³-hybridized carbons (Fsp3) is 0.238. The lowest BCUT2D eigenvalue weighted by Gasteiger charge is -2.06. The van der Waals surface area contributed by atoms with Crippen LogP contribution in [0.4, 0.5) is 0 Å². The first-order valence-electron chi connectivity index (χ1n) is 8.53. The SMILES string of the molecule is CCn1c(C)cc(C(=O)COC(=O)c2occc2-c2ccccc2)c1C. The van der Waals surface area contributed by atoms with Crippen LogP contribution in [-0.2, 0) is 11.3 Å². The maximum Gasteiger partial charge on any atom is 0.375 e. The summed E-state index contributed by atoms with van der Waals surface area (Å²) < 4.78 is 12.6. The van der Waals surface area contributed by atoms with Crippen LogP contribution < -0.4 is 0 Å². The fourth-order valence-electron chi connectivity index (χ4n) is 3.16. The van der Waals surface area contributed by atoms with Crippen molar-refractivity contribution in [2.24, 2.45) is 0 Å². The Morgan fingerprint density at radius 2 is 1.85 bits per heavy atom. The number of aryl methyl sites for hydroxylation is 1. The monoisotopic (exact) mass is 351 g/mol. The highest BCUT2D eigenvalue weighted by atomic mass is 16.5. The van der Waals surface area contributed by atoms with Gasteiger partial charge in [0.25, 0.3) is 0 Å². The van der Waals surface area contributed by atoms with Gasteiger partial charge in [0.1, 0.15) is 0 Å². The molecule has 0 saturated heterocycles. The molecular formula is C21H21NO4. The molecule has 3 aromatic rings. The summed E-state index contributed by atoms with van der Waals surface area (Å²) in [5.41, 5.74) is 3.98. The highest BCUT2D eigenvalue weighted by Crippen LogP contribution is 2.25. The average Bonchev–Trinajstić information content (AvgIpc) is 3.25. The van der Waals surface area contributed by atoms with Gasteiger partial charge in [-0.25, -0.2) is 4.79 Å². The number of hydrogen-bond acceptors (Lipinski definition) is 4. The molecule has 0 saturated carbocycles. The number of ether oxygens (including phenoxy) is 1. The van der Waals surface area contributed by atoms with E-state index >= 15 is 0 Å². The third kappa shape index (κ3) is 3.33. The summed E-state index contributed by atoms with van der Waals surface area (Å²) in [5.74, 6) is -0.770. The highest BCUT2D eigenvalue weighted by molar-refractivity contribution is 6.01. The van der Waals surface area contributed by atoms with Crippen LogP contribution in [0.25, 0.3) is 11.1 Å². The van der Waals surface area contributed by atoms with Gasteiger partial charge >= 0.3 is 5.97 Å². The second-order valence-corrected chi connectivity index (χ2v) is 6.06. The van der Waals surface area contributed by atoms with Crippen LogP contribution in [0.15, 0.2) is 53.1 Å². The van der Waals surface area contributed by atoms with Crippen molar-refractivity contribution < 1.29 is 18.7 Å². The molecule has 5 heteroatoms. The number of hydrogen-bond donors (Lipinski definition) is 0. The van der Waals surface area contributed by atoms with Crippen molar-refractivity contribution in [2.75, 3.05) is 6.61 Å². The number of carbonyl (C=O) groups is 2. The topological polar surface area (TPSA) is 61.4 Å². The van der Waals surface area contributed by atoms with Crippen molar-refractivity contribution in [1.29, 1.82) is 0 Å². The van der Waals surface area contributed by atoms with Gasteiger partial charge in [-0.2, -0.15) is 0 Å². The molecule has 1 aromatic carbocycles. The Labute approximate surface area is 152 Å². The van der Waals surface area contributed by atoms with E-state index in [1.165, 1.54) is 6.26 Å². The molecular weight excluding hydrogens is 330 g/mol. The van der Waals surface area contributed by atoms with E-state index < -0.39 is 5.97 Å². The normalized spacial score (nSPS) is 10.7. The summed E-state index contributed by atoms with van der Waals surface area (Å²) in [5, 5.41) is 0. The van der Waals surface area contributed by atoms with E-state index in [9.17, 15) is 9.59 Å². The molecule has 2 heterocycles. The molecule has 0 N–H and O–H groups in total. The maximum atomic E-state index is 12.5. The second kappa shape index (κ2) is 7.44. The van der Waals surface area contributed by atoms with Crippen molar-refractivity contribution in [2.45, 2.75) is 27.3 Å². The zero-order valence-corrected chi connectivity index (χ0v) is 15.1. The predicted molar refractivity (Wildman–Crippen MR) is 98.3 cm³/mol. The number of rotatable bonds is 6. The van der Waals surface area contributed by atoms with E-state index in [1.807, 2.05) is 57.2 Å². The van der Waals surface area contributed by atoms with E-state index in [1.54, 1.807) is 6.07 Å². The summed E-state index contributed by atoms with van der Waals surface area (Å²) in [6, 6.07) is 13.0. The van der Waals surface area contributed by atoms with Crippen LogP contribution in [0.1, 0.15) is 39.2 Å². The van der Waals surface area contributed by atoms with Gasteiger partial charge < -0.3 is 13.7 Å². The van der Waals surface area contributed by atoms with Crippen molar-refractivity contribution in [3.8, 4) is 11.1 Å². The number of benzene rings is 1. The van der Waals surface area contributed by atoms with Gasteiger partial charge in [0.05, 0.1) is 6.26 Å². The largest absolute Gasteiger partial charge is 0.457 e. The smallest absolute Gasteiger partial charge is 0.375 e. The van der Waals surface area contributed by atoms with E-state index in [-0.39, 0.29) is 18.2 Å². The van der Waals surface area contributed by atoms with Crippen molar-refractivity contribution >= 4 is 11.8 Å². The lowest BCUT2D eigenvalue weighted by molar-refractivity contribution is 0.0445. The minimum atomic E-state index is -0.647. The highest BCUT2D eigenvalue weighted by Gasteiger charge is 2.21. The molecule has 3 rings (SSSR count). The maximum absolute atomic E-state index is 12.5. The molecule has 2 aromatic heterocycles. The molecule has 0 aliphatic carbocycles. The first-order valence-corrected chi connectivity index (χ1v) is 8.53. The van der Waals surface area contributed by atoms with Crippen LogP contribution >= 0.6 is 0 Å². The molecule has 0 radical (unpaired) electrons. The van der Waals surface area contributed by atoms with Gasteiger partial charge in [-0.3, -0.25) is 4.79 Å². The van der Waals surface area contributed by atoms with Gasteiger partial charge in [-0.15, -0.1) is 0 Å². The Morgan fingerprint density at radius 1 is 1.12 bits per heavy atom.